The summed E-state index contributed by atoms with van der Waals surface area (Å²) in [6, 6.07) is 15.9. The summed E-state index contributed by atoms with van der Waals surface area (Å²) in [6.45, 7) is 5.15. The van der Waals surface area contributed by atoms with Crippen LogP contribution in [0.5, 0.6) is 0 Å². The van der Waals surface area contributed by atoms with Gasteiger partial charge in [0.05, 0.1) is 17.5 Å². The minimum atomic E-state index is 0.229. The fourth-order valence-electron chi connectivity index (χ4n) is 3.69. The summed E-state index contributed by atoms with van der Waals surface area (Å²) < 4.78 is 6.07. The Labute approximate surface area is 136 Å². The van der Waals surface area contributed by atoms with Crippen molar-refractivity contribution in [3.8, 4) is 0 Å². The second-order valence-electron chi connectivity index (χ2n) is 5.88. The molecule has 0 radical (unpaired) electrons. The van der Waals surface area contributed by atoms with Gasteiger partial charge in [0.1, 0.15) is 0 Å². The van der Waals surface area contributed by atoms with Crippen LogP contribution in [0.2, 0.25) is 0 Å². The number of hydrogen-bond acceptors (Lipinski definition) is 3. The van der Waals surface area contributed by atoms with Crippen molar-refractivity contribution < 1.29 is 4.74 Å². The lowest BCUT2D eigenvalue weighted by molar-refractivity contribution is 0.0470. The van der Waals surface area contributed by atoms with E-state index in [1.165, 1.54) is 26.7 Å². The van der Waals surface area contributed by atoms with E-state index in [4.69, 9.17) is 4.74 Å². The van der Waals surface area contributed by atoms with Crippen LogP contribution in [0.25, 0.3) is 0 Å². The van der Waals surface area contributed by atoms with Crippen molar-refractivity contribution in [2.45, 2.75) is 48.6 Å². The van der Waals surface area contributed by atoms with Crippen LogP contribution in [0.1, 0.15) is 38.4 Å². The van der Waals surface area contributed by atoms with Crippen molar-refractivity contribution in [3.05, 3.63) is 48.0 Å². The standard InChI is InChI=1S/C19H21NOS/c1-3-13-12-16(21-4-2)14-8-7-11-18-19(14)20(13)15-9-5-6-10-17(15)22-18/h5-11,13,16H,3-4,12H2,1-2H3. The molecule has 2 aromatic rings. The predicted molar refractivity (Wildman–Crippen MR) is 92.2 cm³/mol. The fourth-order valence-corrected chi connectivity index (χ4v) is 4.80. The molecule has 0 spiro atoms. The van der Waals surface area contributed by atoms with Crippen LogP contribution >= 0.6 is 11.8 Å². The molecule has 3 heteroatoms. The second-order valence-corrected chi connectivity index (χ2v) is 6.96. The summed E-state index contributed by atoms with van der Waals surface area (Å²) in [5.74, 6) is 0. The van der Waals surface area contributed by atoms with Gasteiger partial charge >= 0.3 is 0 Å². The zero-order valence-electron chi connectivity index (χ0n) is 13.1. The molecular formula is C19H21NOS. The van der Waals surface area contributed by atoms with Gasteiger partial charge in [0, 0.05) is 28.0 Å². The second kappa shape index (κ2) is 5.64. The van der Waals surface area contributed by atoms with Gasteiger partial charge in [-0.15, -0.1) is 0 Å². The molecule has 0 saturated heterocycles. The van der Waals surface area contributed by atoms with Gasteiger partial charge in [-0.1, -0.05) is 43.0 Å². The van der Waals surface area contributed by atoms with Crippen molar-refractivity contribution in [1.82, 2.24) is 0 Å². The number of fused-ring (bicyclic) bond motifs is 2. The van der Waals surface area contributed by atoms with E-state index < -0.39 is 0 Å². The SMILES string of the molecule is CCOC1CC(CC)N2c3ccccc3Sc3cccc1c32. The van der Waals surface area contributed by atoms with Crippen molar-refractivity contribution in [2.24, 2.45) is 0 Å². The molecular weight excluding hydrogens is 290 g/mol. The molecule has 0 aliphatic carbocycles. The van der Waals surface area contributed by atoms with Crippen LogP contribution in [0, 0.1) is 0 Å². The van der Waals surface area contributed by atoms with Crippen LogP contribution in [0.15, 0.2) is 52.3 Å². The van der Waals surface area contributed by atoms with Gasteiger partial charge in [0.25, 0.3) is 0 Å². The van der Waals surface area contributed by atoms with E-state index in [0.717, 1.165) is 19.4 Å². The van der Waals surface area contributed by atoms with E-state index in [-0.39, 0.29) is 6.10 Å². The van der Waals surface area contributed by atoms with Crippen LogP contribution in [-0.4, -0.2) is 12.6 Å². The molecule has 2 nitrogen and oxygen atoms in total. The molecule has 2 aliphatic rings. The monoisotopic (exact) mass is 311 g/mol. The lowest BCUT2D eigenvalue weighted by Gasteiger charge is -2.45. The zero-order chi connectivity index (χ0) is 15.1. The highest BCUT2D eigenvalue weighted by Crippen LogP contribution is 2.55. The van der Waals surface area contributed by atoms with E-state index in [1.54, 1.807) is 0 Å². The summed E-state index contributed by atoms with van der Waals surface area (Å²) >= 11 is 1.89. The average Bonchev–Trinajstić information content (AvgIpc) is 2.56. The van der Waals surface area contributed by atoms with E-state index in [1.807, 2.05) is 11.8 Å². The molecule has 2 unspecified atom stereocenters. The van der Waals surface area contributed by atoms with Crippen molar-refractivity contribution in [3.63, 3.8) is 0 Å². The summed E-state index contributed by atoms with van der Waals surface area (Å²) in [6.07, 6.45) is 2.43. The molecule has 2 atom stereocenters. The quantitative estimate of drug-likeness (QED) is 0.737. The zero-order valence-corrected chi connectivity index (χ0v) is 13.9. The maximum absolute atomic E-state index is 6.07. The van der Waals surface area contributed by atoms with Crippen molar-refractivity contribution in [1.29, 1.82) is 0 Å². The number of benzene rings is 2. The lowest BCUT2D eigenvalue weighted by Crippen LogP contribution is -2.39. The van der Waals surface area contributed by atoms with Gasteiger partial charge in [0.15, 0.2) is 0 Å². The Hall–Kier alpha value is -1.45. The highest BCUT2D eigenvalue weighted by molar-refractivity contribution is 7.99. The first-order chi connectivity index (χ1) is 10.8. The van der Waals surface area contributed by atoms with Gasteiger partial charge < -0.3 is 9.64 Å². The molecule has 2 heterocycles. The predicted octanol–water partition coefficient (Wildman–Crippen LogP) is 5.55. The van der Waals surface area contributed by atoms with Crippen molar-refractivity contribution >= 4 is 23.1 Å². The molecule has 0 bridgehead atoms. The number of hydrogen-bond donors (Lipinski definition) is 0. The summed E-state index contributed by atoms with van der Waals surface area (Å²) in [7, 11) is 0. The van der Waals surface area contributed by atoms with Gasteiger partial charge in [-0.3, -0.25) is 0 Å². The fraction of sp³-hybridized carbons (Fsp3) is 0.368. The maximum Gasteiger partial charge on any atom is 0.0865 e. The molecule has 0 amide bonds. The van der Waals surface area contributed by atoms with Crippen molar-refractivity contribution in [2.75, 3.05) is 11.5 Å². The van der Waals surface area contributed by atoms with Crippen LogP contribution in [0.4, 0.5) is 11.4 Å². The smallest absolute Gasteiger partial charge is 0.0865 e. The molecule has 0 saturated carbocycles. The molecule has 4 rings (SSSR count). The normalized spacial score (nSPS) is 22.2. The largest absolute Gasteiger partial charge is 0.374 e. The van der Waals surface area contributed by atoms with Crippen LogP contribution < -0.4 is 4.90 Å². The topological polar surface area (TPSA) is 12.5 Å². The maximum atomic E-state index is 6.07. The van der Waals surface area contributed by atoms with Crippen LogP contribution in [-0.2, 0) is 4.74 Å². The number of rotatable bonds is 3. The van der Waals surface area contributed by atoms with E-state index in [2.05, 4.69) is 61.2 Å². The third-order valence-electron chi connectivity index (χ3n) is 4.65. The lowest BCUT2D eigenvalue weighted by atomic mass is 9.90. The van der Waals surface area contributed by atoms with Gasteiger partial charge in [-0.05, 0) is 38.0 Å². The summed E-state index contributed by atoms with van der Waals surface area (Å²) in [5.41, 5.74) is 4.09. The Morgan fingerprint density at radius 2 is 1.91 bits per heavy atom. The number of para-hydroxylation sites is 2. The van der Waals surface area contributed by atoms with E-state index in [9.17, 15) is 0 Å². The van der Waals surface area contributed by atoms with Gasteiger partial charge in [0.2, 0.25) is 0 Å². The van der Waals surface area contributed by atoms with E-state index >= 15 is 0 Å². The van der Waals surface area contributed by atoms with Gasteiger partial charge in [-0.25, -0.2) is 0 Å². The molecule has 2 aliphatic heterocycles. The summed E-state index contributed by atoms with van der Waals surface area (Å²) in [5, 5.41) is 0. The minimum absolute atomic E-state index is 0.229. The Kier molecular flexibility index (Phi) is 3.63. The third kappa shape index (κ3) is 2.07. The molecule has 0 N–H and O–H groups in total. The minimum Gasteiger partial charge on any atom is -0.374 e. The number of ether oxygens (including phenoxy) is 1. The average molecular weight is 311 g/mol. The number of anilines is 2. The first-order valence-corrected chi connectivity index (χ1v) is 8.95. The molecule has 114 valence electrons. The highest BCUT2D eigenvalue weighted by Gasteiger charge is 2.37. The Bertz CT molecular complexity index is 700. The number of nitrogens with zero attached hydrogens (tertiary/aromatic N) is 1. The third-order valence-corrected chi connectivity index (χ3v) is 5.77. The Morgan fingerprint density at radius 1 is 1.09 bits per heavy atom. The van der Waals surface area contributed by atoms with E-state index in [0.29, 0.717) is 6.04 Å². The Balaban J connectivity index is 1.91. The van der Waals surface area contributed by atoms with Crippen LogP contribution in [0.3, 0.4) is 0 Å². The first-order valence-electron chi connectivity index (χ1n) is 8.14. The molecule has 0 fully saturated rings. The summed E-state index contributed by atoms with van der Waals surface area (Å²) in [4.78, 5) is 5.28. The molecule has 22 heavy (non-hydrogen) atoms. The first kappa shape index (κ1) is 14.2. The molecule has 0 aromatic heterocycles. The molecule has 2 aromatic carbocycles. The Morgan fingerprint density at radius 3 is 2.73 bits per heavy atom. The van der Waals surface area contributed by atoms with Gasteiger partial charge in [-0.2, -0.15) is 0 Å². The highest BCUT2D eigenvalue weighted by atomic mass is 32.2.